The van der Waals surface area contributed by atoms with Gasteiger partial charge in [-0.2, -0.15) is 0 Å². The van der Waals surface area contributed by atoms with Crippen molar-refractivity contribution in [3.63, 3.8) is 0 Å². The van der Waals surface area contributed by atoms with Gasteiger partial charge in [0, 0.05) is 31.7 Å². The number of allylic oxidation sites excluding steroid dienone is 1. The van der Waals surface area contributed by atoms with Crippen LogP contribution in [0.4, 0.5) is 0 Å². The highest BCUT2D eigenvalue weighted by Gasteiger charge is 2.18. The molecule has 37 heavy (non-hydrogen) atoms. The predicted molar refractivity (Wildman–Crippen MR) is 149 cm³/mol. The van der Waals surface area contributed by atoms with Crippen molar-refractivity contribution in [3.05, 3.63) is 12.3 Å². The minimum absolute atomic E-state index is 0.152. The van der Waals surface area contributed by atoms with Gasteiger partial charge in [0.25, 0.3) is 0 Å². The highest BCUT2D eigenvalue weighted by molar-refractivity contribution is 5.78. The molecule has 0 aromatic carbocycles. The second-order valence-electron chi connectivity index (χ2n) is 9.98. The Morgan fingerprint density at radius 2 is 1.22 bits per heavy atom. The van der Waals surface area contributed by atoms with Crippen LogP contribution < -0.4 is 10.6 Å². The molecular formula is C29H54N2O6. The van der Waals surface area contributed by atoms with Crippen LogP contribution in [0.25, 0.3) is 0 Å². The molecule has 0 rings (SSSR count). The summed E-state index contributed by atoms with van der Waals surface area (Å²) < 4.78 is 5.31. The molecule has 0 unspecified atom stereocenters. The molecule has 1 atom stereocenters. The van der Waals surface area contributed by atoms with Gasteiger partial charge in [-0.3, -0.25) is 9.59 Å². The van der Waals surface area contributed by atoms with E-state index in [1.807, 2.05) is 6.92 Å². The highest BCUT2D eigenvalue weighted by atomic mass is 16.5. The molecule has 216 valence electrons. The van der Waals surface area contributed by atoms with Gasteiger partial charge in [0.05, 0.1) is 6.61 Å². The van der Waals surface area contributed by atoms with Gasteiger partial charge in [-0.15, -0.1) is 0 Å². The Morgan fingerprint density at radius 3 is 1.68 bits per heavy atom. The monoisotopic (exact) mass is 526 g/mol. The summed E-state index contributed by atoms with van der Waals surface area (Å²) in [5, 5.41) is 23.8. The molecule has 8 heteroatoms. The fourth-order valence-corrected chi connectivity index (χ4v) is 4.18. The Balaban J connectivity index is 3.62. The maximum absolute atomic E-state index is 11.9. The number of carbonyl (C=O) groups excluding carboxylic acids is 1. The molecule has 0 spiro atoms. The number of carbonyl (C=O) groups is 3. The minimum atomic E-state index is -0.962. The van der Waals surface area contributed by atoms with E-state index in [0.29, 0.717) is 26.2 Å². The average molecular weight is 527 g/mol. The van der Waals surface area contributed by atoms with Gasteiger partial charge in [0.1, 0.15) is 6.04 Å². The number of aliphatic carboxylic acids is 2. The van der Waals surface area contributed by atoms with Crippen LogP contribution in [-0.2, 0) is 19.1 Å². The lowest BCUT2D eigenvalue weighted by Crippen LogP contribution is -2.37. The van der Waals surface area contributed by atoms with E-state index >= 15 is 0 Å². The van der Waals surface area contributed by atoms with Crippen LogP contribution in [0.5, 0.6) is 0 Å². The predicted octanol–water partition coefficient (Wildman–Crippen LogP) is 6.19. The number of carboxylic acid groups (broad SMARTS) is 2. The van der Waals surface area contributed by atoms with Gasteiger partial charge in [-0.05, 0) is 32.1 Å². The van der Waals surface area contributed by atoms with Crippen LogP contribution in [-0.4, -0.2) is 53.9 Å². The van der Waals surface area contributed by atoms with E-state index in [2.05, 4.69) is 17.2 Å². The molecule has 0 saturated carbocycles. The topological polar surface area (TPSA) is 125 Å². The standard InChI is InChI=1S/C29H54N2O6/c1-3-23-37-24-22-30-27(32)21-20-26(29(35)36)31-25(2)18-16-14-12-10-8-6-4-5-7-9-11-13-15-17-19-28(33)34/h26,31H,2-24H2,1H3,(H,30,32)(H,33,34)(H,35,36)/t26-/m0/s1. The zero-order chi connectivity index (χ0) is 27.6. The van der Waals surface area contributed by atoms with Crippen LogP contribution in [0.1, 0.15) is 129 Å². The van der Waals surface area contributed by atoms with E-state index in [9.17, 15) is 19.5 Å². The summed E-state index contributed by atoms with van der Waals surface area (Å²) in [5.41, 5.74) is 0.725. The molecule has 0 aliphatic heterocycles. The maximum Gasteiger partial charge on any atom is 0.326 e. The first kappa shape index (κ1) is 34.9. The van der Waals surface area contributed by atoms with E-state index in [1.165, 1.54) is 57.8 Å². The minimum Gasteiger partial charge on any atom is -0.481 e. The van der Waals surface area contributed by atoms with Gasteiger partial charge in [0.15, 0.2) is 0 Å². The quantitative estimate of drug-likeness (QED) is 0.0895. The number of hydrogen-bond donors (Lipinski definition) is 4. The fourth-order valence-electron chi connectivity index (χ4n) is 4.18. The third kappa shape index (κ3) is 25.3. The number of ether oxygens (including phenoxy) is 1. The number of nitrogens with one attached hydrogen (secondary N) is 2. The van der Waals surface area contributed by atoms with E-state index < -0.39 is 18.0 Å². The summed E-state index contributed by atoms with van der Waals surface area (Å²) in [6.07, 6.45) is 18.8. The molecule has 0 aliphatic carbocycles. The number of carboxylic acids is 2. The van der Waals surface area contributed by atoms with Crippen LogP contribution in [0.15, 0.2) is 12.3 Å². The Labute approximate surface area is 225 Å². The first-order valence-corrected chi connectivity index (χ1v) is 14.6. The smallest absolute Gasteiger partial charge is 0.326 e. The number of rotatable bonds is 28. The molecule has 0 saturated heterocycles. The third-order valence-electron chi connectivity index (χ3n) is 6.37. The summed E-state index contributed by atoms with van der Waals surface area (Å²) in [6, 6.07) is -0.800. The summed E-state index contributed by atoms with van der Waals surface area (Å²) in [4.78, 5) is 33.9. The van der Waals surface area contributed by atoms with Crippen molar-refractivity contribution in [3.8, 4) is 0 Å². The van der Waals surface area contributed by atoms with Crippen molar-refractivity contribution in [1.82, 2.24) is 10.6 Å². The van der Waals surface area contributed by atoms with Crippen molar-refractivity contribution in [2.24, 2.45) is 0 Å². The van der Waals surface area contributed by atoms with E-state index in [-0.39, 0.29) is 18.7 Å². The van der Waals surface area contributed by atoms with E-state index in [4.69, 9.17) is 9.84 Å². The zero-order valence-corrected chi connectivity index (χ0v) is 23.4. The summed E-state index contributed by atoms with van der Waals surface area (Å²) in [6.45, 7) is 7.58. The van der Waals surface area contributed by atoms with Crippen LogP contribution in [0, 0.1) is 0 Å². The summed E-state index contributed by atoms with van der Waals surface area (Å²) in [5.74, 6) is -1.81. The van der Waals surface area contributed by atoms with Crippen LogP contribution in [0.3, 0.4) is 0 Å². The van der Waals surface area contributed by atoms with Crippen molar-refractivity contribution in [2.75, 3.05) is 19.8 Å². The first-order chi connectivity index (χ1) is 17.9. The molecule has 0 fully saturated rings. The number of unbranched alkanes of at least 4 members (excludes halogenated alkanes) is 13. The van der Waals surface area contributed by atoms with Gasteiger partial charge in [-0.25, -0.2) is 4.79 Å². The Hall–Kier alpha value is -2.09. The molecule has 0 heterocycles. The largest absolute Gasteiger partial charge is 0.481 e. The van der Waals surface area contributed by atoms with Gasteiger partial charge < -0.3 is 25.6 Å². The summed E-state index contributed by atoms with van der Waals surface area (Å²) in [7, 11) is 0. The number of amides is 1. The SMILES string of the molecule is C=C(CCCCCCCCCCCCCCCCC(=O)O)N[C@@H](CCC(=O)NCCOCCC)C(=O)O. The van der Waals surface area contributed by atoms with Crippen molar-refractivity contribution >= 4 is 17.8 Å². The second-order valence-corrected chi connectivity index (χ2v) is 9.98. The van der Waals surface area contributed by atoms with Crippen LogP contribution in [0.2, 0.25) is 0 Å². The van der Waals surface area contributed by atoms with Crippen molar-refractivity contribution in [1.29, 1.82) is 0 Å². The Morgan fingerprint density at radius 1 is 0.730 bits per heavy atom. The van der Waals surface area contributed by atoms with Crippen LogP contribution >= 0.6 is 0 Å². The fraction of sp³-hybridized carbons (Fsp3) is 0.828. The average Bonchev–Trinajstić information content (AvgIpc) is 2.85. The summed E-state index contributed by atoms with van der Waals surface area (Å²) >= 11 is 0. The Bertz CT molecular complexity index is 611. The normalized spacial score (nSPS) is 11.7. The lowest BCUT2D eigenvalue weighted by Gasteiger charge is -2.17. The molecule has 1 amide bonds. The maximum atomic E-state index is 11.9. The molecule has 4 N–H and O–H groups in total. The molecule has 8 nitrogen and oxygen atoms in total. The molecule has 0 aromatic rings. The molecule has 0 aromatic heterocycles. The highest BCUT2D eigenvalue weighted by Crippen LogP contribution is 2.14. The van der Waals surface area contributed by atoms with Crippen molar-refractivity contribution in [2.45, 2.75) is 135 Å². The number of hydrogen-bond acceptors (Lipinski definition) is 5. The molecular weight excluding hydrogens is 472 g/mol. The van der Waals surface area contributed by atoms with E-state index in [1.54, 1.807) is 0 Å². The van der Waals surface area contributed by atoms with Gasteiger partial charge in [-0.1, -0.05) is 90.6 Å². The third-order valence-corrected chi connectivity index (χ3v) is 6.37. The zero-order valence-electron chi connectivity index (χ0n) is 23.4. The second kappa shape index (κ2) is 25.6. The van der Waals surface area contributed by atoms with E-state index in [0.717, 1.165) is 50.6 Å². The molecule has 0 aliphatic rings. The van der Waals surface area contributed by atoms with Gasteiger partial charge >= 0.3 is 11.9 Å². The lowest BCUT2D eigenvalue weighted by atomic mass is 10.0. The molecule has 0 bridgehead atoms. The Kier molecular flexibility index (Phi) is 24.1. The first-order valence-electron chi connectivity index (χ1n) is 14.6. The van der Waals surface area contributed by atoms with Crippen molar-refractivity contribution < 1.29 is 29.3 Å². The van der Waals surface area contributed by atoms with Gasteiger partial charge in [0.2, 0.25) is 5.91 Å². The molecule has 0 radical (unpaired) electrons. The lowest BCUT2D eigenvalue weighted by molar-refractivity contribution is -0.140.